The number of hydrogen-bond acceptors (Lipinski definition) is 4. The first-order valence-electron chi connectivity index (χ1n) is 7.40. The van der Waals surface area contributed by atoms with Crippen LogP contribution >= 0.6 is 0 Å². The molecule has 118 valence electrons. The number of carbonyl (C=O) groups is 1. The zero-order valence-corrected chi connectivity index (χ0v) is 12.9. The van der Waals surface area contributed by atoms with E-state index < -0.39 is 0 Å². The third-order valence-corrected chi connectivity index (χ3v) is 3.63. The van der Waals surface area contributed by atoms with Crippen molar-refractivity contribution in [1.82, 2.24) is 20.3 Å². The monoisotopic (exact) mass is 310 g/mol. The summed E-state index contributed by atoms with van der Waals surface area (Å²) in [6, 6.07) is 15.2. The zero-order chi connectivity index (χ0) is 16.1. The molecule has 0 radical (unpaired) electrons. The number of nitrogens with one attached hydrogen (secondary N) is 1. The summed E-state index contributed by atoms with van der Waals surface area (Å²) < 4.78 is 5.13. The standard InChI is InChI=1S/C17H18N4O2/c1-23-10-9-21(12-13-5-3-2-4-6-13)17(22)14-7-8-15-16(11-14)19-20-18-15/h2-8,11H,9-10,12H2,1H3,(H,18,19,20). The van der Waals surface area contributed by atoms with Crippen molar-refractivity contribution in [1.29, 1.82) is 0 Å². The Morgan fingerprint density at radius 3 is 2.70 bits per heavy atom. The van der Waals surface area contributed by atoms with Crippen molar-refractivity contribution in [3.8, 4) is 0 Å². The van der Waals surface area contributed by atoms with Crippen LogP contribution in [0.2, 0.25) is 0 Å². The van der Waals surface area contributed by atoms with Crippen LogP contribution in [0.5, 0.6) is 0 Å². The number of benzene rings is 2. The molecular formula is C17H18N4O2. The summed E-state index contributed by atoms with van der Waals surface area (Å²) in [4.78, 5) is 14.6. The fourth-order valence-electron chi connectivity index (χ4n) is 2.41. The number of aromatic nitrogens is 3. The summed E-state index contributed by atoms with van der Waals surface area (Å²) >= 11 is 0. The lowest BCUT2D eigenvalue weighted by Crippen LogP contribution is -2.33. The molecule has 1 amide bonds. The van der Waals surface area contributed by atoms with E-state index in [2.05, 4.69) is 15.4 Å². The van der Waals surface area contributed by atoms with Gasteiger partial charge in [-0.2, -0.15) is 15.4 Å². The Hall–Kier alpha value is -2.73. The van der Waals surface area contributed by atoms with Gasteiger partial charge < -0.3 is 9.64 Å². The quantitative estimate of drug-likeness (QED) is 0.758. The Kier molecular flexibility index (Phi) is 4.63. The van der Waals surface area contributed by atoms with Gasteiger partial charge in [0.2, 0.25) is 0 Å². The Balaban J connectivity index is 1.83. The van der Waals surface area contributed by atoms with Gasteiger partial charge in [0.1, 0.15) is 11.0 Å². The fourth-order valence-corrected chi connectivity index (χ4v) is 2.41. The SMILES string of the molecule is COCCN(Cc1ccccc1)C(=O)c1ccc2n[nH]nc2c1. The topological polar surface area (TPSA) is 71.1 Å². The molecule has 0 aliphatic carbocycles. The third-order valence-electron chi connectivity index (χ3n) is 3.63. The Morgan fingerprint density at radius 1 is 1.13 bits per heavy atom. The van der Waals surface area contributed by atoms with Crippen molar-refractivity contribution in [2.24, 2.45) is 0 Å². The maximum absolute atomic E-state index is 12.8. The van der Waals surface area contributed by atoms with E-state index in [4.69, 9.17) is 4.74 Å². The molecule has 6 nitrogen and oxygen atoms in total. The molecule has 0 saturated heterocycles. The van der Waals surface area contributed by atoms with Gasteiger partial charge in [-0.1, -0.05) is 30.3 Å². The number of hydrogen-bond donors (Lipinski definition) is 1. The lowest BCUT2D eigenvalue weighted by molar-refractivity contribution is 0.0680. The van der Waals surface area contributed by atoms with E-state index >= 15 is 0 Å². The Labute approximate surface area is 134 Å². The molecule has 6 heteroatoms. The van der Waals surface area contributed by atoms with Gasteiger partial charge in [-0.3, -0.25) is 4.79 Å². The molecule has 23 heavy (non-hydrogen) atoms. The minimum Gasteiger partial charge on any atom is -0.383 e. The molecule has 1 aromatic heterocycles. The van der Waals surface area contributed by atoms with E-state index in [-0.39, 0.29) is 5.91 Å². The van der Waals surface area contributed by atoms with Gasteiger partial charge in [0, 0.05) is 25.8 Å². The van der Waals surface area contributed by atoms with Crippen LogP contribution in [0.15, 0.2) is 48.5 Å². The molecule has 3 aromatic rings. The van der Waals surface area contributed by atoms with Crippen molar-refractivity contribution in [2.45, 2.75) is 6.54 Å². The van der Waals surface area contributed by atoms with Gasteiger partial charge >= 0.3 is 0 Å². The molecule has 0 bridgehead atoms. The van der Waals surface area contributed by atoms with Crippen LogP contribution in [-0.4, -0.2) is 46.5 Å². The second-order valence-corrected chi connectivity index (χ2v) is 5.23. The smallest absolute Gasteiger partial charge is 0.254 e. The van der Waals surface area contributed by atoms with Crippen LogP contribution in [0.1, 0.15) is 15.9 Å². The highest BCUT2D eigenvalue weighted by molar-refractivity contribution is 5.97. The minimum absolute atomic E-state index is 0.0456. The maximum Gasteiger partial charge on any atom is 0.254 e. The fraction of sp³-hybridized carbons (Fsp3) is 0.235. The molecule has 0 unspecified atom stereocenters. The maximum atomic E-state index is 12.8. The van der Waals surface area contributed by atoms with Gasteiger partial charge in [0.05, 0.1) is 6.61 Å². The van der Waals surface area contributed by atoms with Crippen LogP contribution in [0.4, 0.5) is 0 Å². The van der Waals surface area contributed by atoms with Gasteiger partial charge in [0.25, 0.3) is 5.91 Å². The number of methoxy groups -OCH3 is 1. The number of carbonyl (C=O) groups excluding carboxylic acids is 1. The zero-order valence-electron chi connectivity index (χ0n) is 12.9. The summed E-state index contributed by atoms with van der Waals surface area (Å²) in [7, 11) is 1.63. The number of fused-ring (bicyclic) bond motifs is 1. The summed E-state index contributed by atoms with van der Waals surface area (Å²) in [6.07, 6.45) is 0. The van der Waals surface area contributed by atoms with Crippen molar-refractivity contribution < 1.29 is 9.53 Å². The second kappa shape index (κ2) is 7.02. The van der Waals surface area contributed by atoms with Crippen molar-refractivity contribution in [2.75, 3.05) is 20.3 Å². The lowest BCUT2D eigenvalue weighted by Gasteiger charge is -2.22. The van der Waals surface area contributed by atoms with E-state index in [1.54, 1.807) is 30.2 Å². The molecule has 1 N–H and O–H groups in total. The Bertz CT molecular complexity index is 785. The third kappa shape index (κ3) is 3.54. The molecule has 0 aliphatic rings. The van der Waals surface area contributed by atoms with Gasteiger partial charge in [0.15, 0.2) is 0 Å². The molecule has 0 spiro atoms. The van der Waals surface area contributed by atoms with Crippen LogP contribution < -0.4 is 0 Å². The highest BCUT2D eigenvalue weighted by Crippen LogP contribution is 2.14. The van der Waals surface area contributed by atoms with Crippen molar-refractivity contribution in [3.63, 3.8) is 0 Å². The highest BCUT2D eigenvalue weighted by Gasteiger charge is 2.17. The number of aromatic amines is 1. The normalized spacial score (nSPS) is 10.8. The molecule has 1 heterocycles. The summed E-state index contributed by atoms with van der Waals surface area (Å²) in [6.45, 7) is 1.56. The van der Waals surface area contributed by atoms with Gasteiger partial charge in [-0.05, 0) is 23.8 Å². The number of amides is 1. The molecule has 3 rings (SSSR count). The number of H-pyrrole nitrogens is 1. The number of rotatable bonds is 6. The summed E-state index contributed by atoms with van der Waals surface area (Å²) in [5.74, 6) is -0.0456. The van der Waals surface area contributed by atoms with Crippen LogP contribution in [0.25, 0.3) is 11.0 Å². The largest absolute Gasteiger partial charge is 0.383 e. The highest BCUT2D eigenvalue weighted by atomic mass is 16.5. The van der Waals surface area contributed by atoms with Gasteiger partial charge in [-0.25, -0.2) is 0 Å². The van der Waals surface area contributed by atoms with E-state index in [9.17, 15) is 4.79 Å². The number of ether oxygens (including phenoxy) is 1. The first-order chi connectivity index (χ1) is 11.3. The van der Waals surface area contributed by atoms with Crippen LogP contribution in [-0.2, 0) is 11.3 Å². The first kappa shape index (κ1) is 15.2. The molecule has 0 saturated carbocycles. The predicted molar refractivity (Wildman–Crippen MR) is 86.9 cm³/mol. The van der Waals surface area contributed by atoms with Crippen LogP contribution in [0.3, 0.4) is 0 Å². The average molecular weight is 310 g/mol. The van der Waals surface area contributed by atoms with Crippen LogP contribution in [0, 0.1) is 0 Å². The van der Waals surface area contributed by atoms with E-state index in [1.807, 2.05) is 30.3 Å². The average Bonchev–Trinajstić information content (AvgIpc) is 3.06. The molecular weight excluding hydrogens is 292 g/mol. The first-order valence-corrected chi connectivity index (χ1v) is 7.40. The van der Waals surface area contributed by atoms with Crippen molar-refractivity contribution in [3.05, 3.63) is 59.7 Å². The van der Waals surface area contributed by atoms with Crippen molar-refractivity contribution >= 4 is 16.9 Å². The predicted octanol–water partition coefficient (Wildman–Crippen LogP) is 2.25. The number of nitrogens with zero attached hydrogens (tertiary/aromatic N) is 3. The molecule has 2 aromatic carbocycles. The van der Waals surface area contributed by atoms with Gasteiger partial charge in [-0.15, -0.1) is 0 Å². The Morgan fingerprint density at radius 2 is 1.91 bits per heavy atom. The van der Waals surface area contributed by atoms with E-state index in [0.717, 1.165) is 11.1 Å². The molecule has 0 atom stereocenters. The molecule has 0 fully saturated rings. The molecule has 0 aliphatic heterocycles. The summed E-state index contributed by atoms with van der Waals surface area (Å²) in [5.41, 5.74) is 3.10. The van der Waals surface area contributed by atoms with E-state index in [0.29, 0.717) is 30.8 Å². The summed E-state index contributed by atoms with van der Waals surface area (Å²) in [5, 5.41) is 10.6. The lowest BCUT2D eigenvalue weighted by atomic mass is 10.1. The minimum atomic E-state index is -0.0456. The van der Waals surface area contributed by atoms with E-state index in [1.165, 1.54) is 0 Å². The second-order valence-electron chi connectivity index (χ2n) is 5.23.